The van der Waals surface area contributed by atoms with Crippen LogP contribution in [0.25, 0.3) is 0 Å². The van der Waals surface area contributed by atoms with Gasteiger partial charge in [-0.1, -0.05) is 6.92 Å². The fourth-order valence-corrected chi connectivity index (χ4v) is 2.81. The van der Waals surface area contributed by atoms with Gasteiger partial charge in [0.15, 0.2) is 5.82 Å². The van der Waals surface area contributed by atoms with Crippen molar-refractivity contribution in [3.05, 3.63) is 27.5 Å². The Bertz CT molecular complexity index is 723. The van der Waals surface area contributed by atoms with E-state index < -0.39 is 0 Å². The van der Waals surface area contributed by atoms with Crippen molar-refractivity contribution < 1.29 is 9.66 Å². The second-order valence-electron chi connectivity index (χ2n) is 5.44. The first-order valence-corrected chi connectivity index (χ1v) is 7.47. The van der Waals surface area contributed by atoms with E-state index >= 15 is 0 Å². The number of aromatic amines is 1. The van der Waals surface area contributed by atoms with Crippen LogP contribution in [0.2, 0.25) is 0 Å². The van der Waals surface area contributed by atoms with Crippen LogP contribution in [0.4, 0.5) is 11.5 Å². The van der Waals surface area contributed by atoms with Crippen LogP contribution in [0.1, 0.15) is 30.4 Å². The molecule has 2 aromatic heterocycles. The fraction of sp³-hybridized carbons (Fsp3) is 0.615. The molecular weight excluding hydrogens is 302 g/mol. The lowest BCUT2D eigenvalue weighted by molar-refractivity contribution is -0.384. The first-order valence-electron chi connectivity index (χ1n) is 7.47. The zero-order chi connectivity index (χ0) is 16.6. The number of nitrogens with zero attached hydrogens (tertiary/aromatic N) is 6. The molecule has 0 spiro atoms. The summed E-state index contributed by atoms with van der Waals surface area (Å²) in [6.45, 7) is 5.08. The third-order valence-corrected chi connectivity index (χ3v) is 3.88. The van der Waals surface area contributed by atoms with E-state index in [1.165, 1.54) is 0 Å². The molecule has 0 aliphatic carbocycles. The number of H-pyrrole nitrogens is 1. The summed E-state index contributed by atoms with van der Waals surface area (Å²) in [6.07, 6.45) is 0.436. The molecule has 0 amide bonds. The number of anilines is 1. The van der Waals surface area contributed by atoms with Gasteiger partial charge in [0.2, 0.25) is 5.82 Å². The van der Waals surface area contributed by atoms with E-state index in [9.17, 15) is 10.1 Å². The summed E-state index contributed by atoms with van der Waals surface area (Å²) in [7, 11) is 1.71. The molecule has 23 heavy (non-hydrogen) atoms. The number of ether oxygens (including phenoxy) is 1. The van der Waals surface area contributed by atoms with Gasteiger partial charge in [0.1, 0.15) is 17.6 Å². The molecule has 1 saturated heterocycles. The molecule has 0 bridgehead atoms. The van der Waals surface area contributed by atoms with E-state index in [2.05, 4.69) is 20.3 Å². The summed E-state index contributed by atoms with van der Waals surface area (Å²) in [5, 5.41) is 22.6. The molecule has 0 saturated carbocycles. The summed E-state index contributed by atoms with van der Waals surface area (Å²) >= 11 is 0. The second-order valence-corrected chi connectivity index (χ2v) is 5.44. The van der Waals surface area contributed by atoms with Crippen LogP contribution in [0.5, 0.6) is 0 Å². The first kappa shape index (κ1) is 15.4. The number of aryl methyl sites for hydroxylation is 3. The molecule has 1 aliphatic heterocycles. The molecule has 124 valence electrons. The summed E-state index contributed by atoms with van der Waals surface area (Å²) in [6, 6.07) is 0. The molecule has 1 aliphatic rings. The Morgan fingerprint density at radius 3 is 2.96 bits per heavy atom. The molecule has 1 fully saturated rings. The quantitative estimate of drug-likeness (QED) is 0.657. The zero-order valence-electron chi connectivity index (χ0n) is 13.3. The summed E-state index contributed by atoms with van der Waals surface area (Å²) in [5.41, 5.74) is 0.444. The highest BCUT2D eigenvalue weighted by Gasteiger charge is 2.33. The molecule has 3 rings (SSSR count). The maximum absolute atomic E-state index is 11.4. The van der Waals surface area contributed by atoms with Crippen LogP contribution < -0.4 is 4.90 Å². The topological polar surface area (TPSA) is 115 Å². The van der Waals surface area contributed by atoms with Gasteiger partial charge < -0.3 is 9.64 Å². The Morgan fingerprint density at radius 1 is 1.52 bits per heavy atom. The molecular formula is C13H19N7O3. The van der Waals surface area contributed by atoms with Crippen molar-refractivity contribution in [1.82, 2.24) is 25.0 Å². The lowest BCUT2D eigenvalue weighted by Gasteiger charge is -2.32. The zero-order valence-corrected chi connectivity index (χ0v) is 13.3. The van der Waals surface area contributed by atoms with E-state index in [4.69, 9.17) is 4.74 Å². The number of nitrogens with one attached hydrogen (secondary N) is 1. The van der Waals surface area contributed by atoms with Gasteiger partial charge >= 0.3 is 5.69 Å². The van der Waals surface area contributed by atoms with Gasteiger partial charge in [-0.05, 0) is 6.92 Å². The van der Waals surface area contributed by atoms with E-state index in [1.54, 1.807) is 18.7 Å². The average Bonchev–Trinajstić information content (AvgIpc) is 3.11. The van der Waals surface area contributed by atoms with Gasteiger partial charge in [-0.2, -0.15) is 10.2 Å². The minimum Gasteiger partial charge on any atom is -0.366 e. The maximum Gasteiger partial charge on any atom is 0.333 e. The Kier molecular flexibility index (Phi) is 3.99. The van der Waals surface area contributed by atoms with E-state index in [0.29, 0.717) is 37.0 Å². The minimum absolute atomic E-state index is 0.0392. The number of hydrogen-bond donors (Lipinski definition) is 1. The van der Waals surface area contributed by atoms with Crippen LogP contribution >= 0.6 is 0 Å². The van der Waals surface area contributed by atoms with Crippen molar-refractivity contribution in [3.63, 3.8) is 0 Å². The molecule has 1 N–H and O–H groups in total. The van der Waals surface area contributed by atoms with E-state index in [-0.39, 0.29) is 16.7 Å². The van der Waals surface area contributed by atoms with Crippen molar-refractivity contribution in [2.24, 2.45) is 7.05 Å². The molecule has 0 aromatic carbocycles. The highest BCUT2D eigenvalue weighted by atomic mass is 16.6. The van der Waals surface area contributed by atoms with Crippen molar-refractivity contribution in [1.29, 1.82) is 0 Å². The number of hydrogen-bond acceptors (Lipinski definition) is 7. The lowest BCUT2D eigenvalue weighted by atomic mass is 10.2. The molecule has 10 nitrogen and oxygen atoms in total. The average molecular weight is 321 g/mol. The monoisotopic (exact) mass is 321 g/mol. The van der Waals surface area contributed by atoms with Gasteiger partial charge in [0.25, 0.3) is 0 Å². The third kappa shape index (κ3) is 2.77. The molecule has 0 radical (unpaired) electrons. The Labute approximate surface area is 132 Å². The highest BCUT2D eigenvalue weighted by Crippen LogP contribution is 2.33. The van der Waals surface area contributed by atoms with Crippen LogP contribution in [0.3, 0.4) is 0 Å². The lowest BCUT2D eigenvalue weighted by Crippen LogP contribution is -2.40. The van der Waals surface area contributed by atoms with Gasteiger partial charge in [0.05, 0.1) is 18.1 Å². The van der Waals surface area contributed by atoms with Crippen LogP contribution in [-0.2, 0) is 18.2 Å². The van der Waals surface area contributed by atoms with E-state index in [1.807, 2.05) is 11.8 Å². The van der Waals surface area contributed by atoms with Crippen molar-refractivity contribution >= 4 is 11.5 Å². The second kappa shape index (κ2) is 5.95. The number of nitro groups is 1. The van der Waals surface area contributed by atoms with Crippen LogP contribution in [0, 0.1) is 17.0 Å². The highest BCUT2D eigenvalue weighted by molar-refractivity contribution is 5.61. The molecule has 10 heteroatoms. The predicted octanol–water partition coefficient (Wildman–Crippen LogP) is 0.895. The smallest absolute Gasteiger partial charge is 0.333 e. The summed E-state index contributed by atoms with van der Waals surface area (Å²) in [5.74, 6) is 1.86. The van der Waals surface area contributed by atoms with Gasteiger partial charge in [-0.3, -0.25) is 15.2 Å². The van der Waals surface area contributed by atoms with Crippen LogP contribution in [-0.4, -0.2) is 49.6 Å². The summed E-state index contributed by atoms with van der Waals surface area (Å²) in [4.78, 5) is 17.3. The first-order chi connectivity index (χ1) is 11.0. The third-order valence-electron chi connectivity index (χ3n) is 3.88. The van der Waals surface area contributed by atoms with Gasteiger partial charge in [0, 0.05) is 20.0 Å². The van der Waals surface area contributed by atoms with Crippen molar-refractivity contribution in [2.45, 2.75) is 26.4 Å². The summed E-state index contributed by atoms with van der Waals surface area (Å²) < 4.78 is 7.28. The van der Waals surface area contributed by atoms with Gasteiger partial charge in [-0.25, -0.2) is 9.67 Å². The number of morpholine rings is 1. The Morgan fingerprint density at radius 2 is 2.30 bits per heavy atom. The standard InChI is InChI=1S/C13H19N7O3/c1-4-10-14-12(16-15-10)9-7-19(5-6-23-9)13-11(20(21)22)8(2)17-18(13)3/h9H,4-7H2,1-3H3,(H,14,15,16). The Balaban J connectivity index is 1.88. The largest absolute Gasteiger partial charge is 0.366 e. The fourth-order valence-electron chi connectivity index (χ4n) is 2.81. The molecule has 1 atom stereocenters. The molecule has 3 heterocycles. The normalized spacial score (nSPS) is 18.4. The molecule has 1 unspecified atom stereocenters. The van der Waals surface area contributed by atoms with Crippen molar-refractivity contribution in [2.75, 3.05) is 24.6 Å². The Hall–Kier alpha value is -2.49. The van der Waals surface area contributed by atoms with Crippen LogP contribution in [0.15, 0.2) is 0 Å². The predicted molar refractivity (Wildman–Crippen MR) is 81.3 cm³/mol. The minimum atomic E-state index is -0.385. The number of rotatable bonds is 4. The maximum atomic E-state index is 11.4. The van der Waals surface area contributed by atoms with Crippen molar-refractivity contribution in [3.8, 4) is 0 Å². The van der Waals surface area contributed by atoms with Gasteiger partial charge in [-0.15, -0.1) is 0 Å². The molecule has 2 aromatic rings. The number of aromatic nitrogens is 5. The SMILES string of the molecule is CCc1nc(C2CN(c3c([N+](=O)[O-])c(C)nn3C)CCO2)n[nH]1. The van der Waals surface area contributed by atoms with E-state index in [0.717, 1.165) is 12.2 Å².